The summed E-state index contributed by atoms with van der Waals surface area (Å²) in [5.74, 6) is -3.99. The lowest BCUT2D eigenvalue weighted by molar-refractivity contribution is -0.120. The fourth-order valence-corrected chi connectivity index (χ4v) is 2.81. The van der Waals surface area contributed by atoms with Crippen LogP contribution >= 0.6 is 0 Å². The summed E-state index contributed by atoms with van der Waals surface area (Å²) in [6.45, 7) is -0.0340. The van der Waals surface area contributed by atoms with Crippen molar-refractivity contribution in [3.05, 3.63) is 59.7 Å². The summed E-state index contributed by atoms with van der Waals surface area (Å²) in [5.41, 5.74) is 0.151. The molecule has 0 aliphatic carbocycles. The van der Waals surface area contributed by atoms with Crippen molar-refractivity contribution in [1.82, 2.24) is 10.6 Å². The average molecular weight is 347 g/mol. The second-order valence-corrected chi connectivity index (χ2v) is 5.62. The Morgan fingerprint density at radius 1 is 1.16 bits per heavy atom. The normalized spacial score (nSPS) is 19.4. The first-order valence-electron chi connectivity index (χ1n) is 7.54. The molecule has 0 radical (unpaired) electrons. The summed E-state index contributed by atoms with van der Waals surface area (Å²) >= 11 is 0. The standard InChI is InChI=1S/C17H15F2N3O3/c18-12-6-10(23)7-13(19)14(12)11-8-20-16(24)15(11)22-17(25)21-9-4-2-1-3-5-9/h1-7,11,15,23H,8H2,(H,20,24)(H2,21,22,25)/t11-,15-/m0/s1. The van der Waals surface area contributed by atoms with Gasteiger partial charge in [0, 0.05) is 35.8 Å². The summed E-state index contributed by atoms with van der Waals surface area (Å²) in [7, 11) is 0. The van der Waals surface area contributed by atoms with Crippen LogP contribution in [-0.4, -0.2) is 29.6 Å². The highest BCUT2D eigenvalue weighted by molar-refractivity contribution is 5.95. The highest BCUT2D eigenvalue weighted by Gasteiger charge is 2.39. The number of hydrogen-bond donors (Lipinski definition) is 4. The van der Waals surface area contributed by atoms with E-state index in [0.717, 1.165) is 12.1 Å². The SMILES string of the molecule is O=C(Nc1ccccc1)N[C@@H]1C(=O)NC[C@H]1c1c(F)cc(O)cc1F. The molecule has 1 aliphatic rings. The molecule has 1 fully saturated rings. The van der Waals surface area contributed by atoms with Gasteiger partial charge in [0.2, 0.25) is 5.91 Å². The van der Waals surface area contributed by atoms with Crippen molar-refractivity contribution in [1.29, 1.82) is 0 Å². The molecule has 0 aromatic heterocycles. The van der Waals surface area contributed by atoms with Crippen LogP contribution in [0.15, 0.2) is 42.5 Å². The van der Waals surface area contributed by atoms with E-state index in [4.69, 9.17) is 0 Å². The molecule has 2 aromatic rings. The fraction of sp³-hybridized carbons (Fsp3) is 0.176. The maximum Gasteiger partial charge on any atom is 0.319 e. The molecule has 0 spiro atoms. The van der Waals surface area contributed by atoms with E-state index in [1.807, 2.05) is 0 Å². The van der Waals surface area contributed by atoms with Crippen molar-refractivity contribution < 1.29 is 23.5 Å². The molecular weight excluding hydrogens is 332 g/mol. The zero-order valence-corrected chi connectivity index (χ0v) is 12.9. The Morgan fingerprint density at radius 3 is 2.44 bits per heavy atom. The van der Waals surface area contributed by atoms with Gasteiger partial charge in [-0.15, -0.1) is 0 Å². The lowest BCUT2D eigenvalue weighted by atomic mass is 9.93. The number of anilines is 1. The van der Waals surface area contributed by atoms with Gasteiger partial charge in [-0.2, -0.15) is 0 Å². The minimum Gasteiger partial charge on any atom is -0.508 e. The highest BCUT2D eigenvalue weighted by atomic mass is 19.1. The van der Waals surface area contributed by atoms with Crippen molar-refractivity contribution in [3.63, 3.8) is 0 Å². The molecule has 2 atom stereocenters. The first kappa shape index (κ1) is 16.7. The number of rotatable bonds is 3. The monoisotopic (exact) mass is 347 g/mol. The molecule has 3 rings (SSSR count). The lowest BCUT2D eigenvalue weighted by Gasteiger charge is -2.20. The highest BCUT2D eigenvalue weighted by Crippen LogP contribution is 2.31. The second kappa shape index (κ2) is 6.76. The van der Waals surface area contributed by atoms with E-state index in [1.165, 1.54) is 0 Å². The van der Waals surface area contributed by atoms with Crippen LogP contribution in [0.5, 0.6) is 5.75 Å². The van der Waals surface area contributed by atoms with Gasteiger partial charge >= 0.3 is 6.03 Å². The summed E-state index contributed by atoms with van der Waals surface area (Å²) in [5, 5.41) is 16.7. The quantitative estimate of drug-likeness (QED) is 0.685. The second-order valence-electron chi connectivity index (χ2n) is 5.62. The number of aromatic hydroxyl groups is 1. The van der Waals surface area contributed by atoms with Crippen molar-refractivity contribution in [2.24, 2.45) is 0 Å². The van der Waals surface area contributed by atoms with Crippen LogP contribution in [0, 0.1) is 11.6 Å². The Bertz CT molecular complexity index is 791. The first-order chi connectivity index (χ1) is 12.0. The molecule has 0 saturated carbocycles. The number of phenolic OH excluding ortho intramolecular Hbond substituents is 1. The van der Waals surface area contributed by atoms with Crippen LogP contribution in [0.25, 0.3) is 0 Å². The third kappa shape index (κ3) is 3.52. The van der Waals surface area contributed by atoms with Gasteiger partial charge in [0.1, 0.15) is 23.4 Å². The largest absolute Gasteiger partial charge is 0.508 e. The van der Waals surface area contributed by atoms with Gasteiger partial charge < -0.3 is 21.1 Å². The van der Waals surface area contributed by atoms with Crippen LogP contribution in [0.4, 0.5) is 19.3 Å². The van der Waals surface area contributed by atoms with E-state index in [9.17, 15) is 23.5 Å². The number of amides is 3. The van der Waals surface area contributed by atoms with Gasteiger partial charge in [0.05, 0.1) is 0 Å². The Kier molecular flexibility index (Phi) is 4.51. The number of carbonyl (C=O) groups excluding carboxylic acids is 2. The maximum absolute atomic E-state index is 14.1. The molecule has 1 heterocycles. The Labute approximate surface area is 141 Å². The number of benzene rings is 2. The fourth-order valence-electron chi connectivity index (χ4n) is 2.81. The number of phenols is 1. The maximum atomic E-state index is 14.1. The van der Waals surface area contributed by atoms with Gasteiger partial charge in [-0.05, 0) is 12.1 Å². The molecular formula is C17H15F2N3O3. The minimum absolute atomic E-state index is 0.0340. The summed E-state index contributed by atoms with van der Waals surface area (Å²) < 4.78 is 28.2. The third-order valence-electron chi connectivity index (χ3n) is 3.93. The molecule has 2 aromatic carbocycles. The van der Waals surface area contributed by atoms with Gasteiger partial charge in [0.25, 0.3) is 0 Å². The third-order valence-corrected chi connectivity index (χ3v) is 3.93. The summed E-state index contributed by atoms with van der Waals surface area (Å²) in [6, 6.07) is 8.26. The van der Waals surface area contributed by atoms with E-state index in [0.29, 0.717) is 5.69 Å². The van der Waals surface area contributed by atoms with Crippen molar-refractivity contribution in [3.8, 4) is 5.75 Å². The number of urea groups is 1. The van der Waals surface area contributed by atoms with Crippen molar-refractivity contribution >= 4 is 17.6 Å². The van der Waals surface area contributed by atoms with Crippen LogP contribution in [0.3, 0.4) is 0 Å². The molecule has 3 amide bonds. The Hall–Kier alpha value is -3.16. The predicted molar refractivity (Wildman–Crippen MR) is 86.2 cm³/mol. The molecule has 0 bridgehead atoms. The average Bonchev–Trinajstić information content (AvgIpc) is 2.88. The summed E-state index contributed by atoms with van der Waals surface area (Å²) in [4.78, 5) is 24.1. The zero-order valence-electron chi connectivity index (χ0n) is 12.9. The summed E-state index contributed by atoms with van der Waals surface area (Å²) in [6.07, 6.45) is 0. The van der Waals surface area contributed by atoms with Gasteiger partial charge in [-0.25, -0.2) is 13.6 Å². The van der Waals surface area contributed by atoms with Gasteiger partial charge in [-0.1, -0.05) is 18.2 Å². The first-order valence-corrected chi connectivity index (χ1v) is 7.54. The van der Waals surface area contributed by atoms with Crippen molar-refractivity contribution in [2.75, 3.05) is 11.9 Å². The Morgan fingerprint density at radius 2 is 1.80 bits per heavy atom. The van der Waals surface area contributed by atoms with E-state index in [2.05, 4.69) is 16.0 Å². The molecule has 8 heteroatoms. The molecule has 130 valence electrons. The number of carbonyl (C=O) groups is 2. The molecule has 1 saturated heterocycles. The molecule has 0 unspecified atom stereocenters. The lowest BCUT2D eigenvalue weighted by Crippen LogP contribution is -2.45. The number of nitrogens with one attached hydrogen (secondary N) is 3. The topological polar surface area (TPSA) is 90.5 Å². The number of halogens is 2. The van der Waals surface area contributed by atoms with Crippen LogP contribution in [0.2, 0.25) is 0 Å². The van der Waals surface area contributed by atoms with E-state index in [-0.39, 0.29) is 12.1 Å². The van der Waals surface area contributed by atoms with E-state index in [1.54, 1.807) is 30.3 Å². The molecule has 1 aliphatic heterocycles. The smallest absolute Gasteiger partial charge is 0.319 e. The van der Waals surface area contributed by atoms with Gasteiger partial charge in [-0.3, -0.25) is 4.79 Å². The van der Waals surface area contributed by atoms with Crippen LogP contribution in [0.1, 0.15) is 11.5 Å². The Balaban J connectivity index is 1.80. The van der Waals surface area contributed by atoms with E-state index < -0.39 is 41.3 Å². The molecule has 6 nitrogen and oxygen atoms in total. The predicted octanol–water partition coefficient (Wildman–Crippen LogP) is 2.07. The number of hydrogen-bond acceptors (Lipinski definition) is 3. The van der Waals surface area contributed by atoms with Gasteiger partial charge in [0.15, 0.2) is 0 Å². The minimum atomic E-state index is -1.14. The van der Waals surface area contributed by atoms with E-state index >= 15 is 0 Å². The molecule has 4 N–H and O–H groups in total. The van der Waals surface area contributed by atoms with Crippen LogP contribution < -0.4 is 16.0 Å². The number of para-hydroxylation sites is 1. The van der Waals surface area contributed by atoms with Crippen molar-refractivity contribution in [2.45, 2.75) is 12.0 Å². The van der Waals surface area contributed by atoms with Crippen LogP contribution in [-0.2, 0) is 4.79 Å². The molecule has 25 heavy (non-hydrogen) atoms. The zero-order chi connectivity index (χ0) is 18.0.